The van der Waals surface area contributed by atoms with E-state index in [0.717, 1.165) is 57.2 Å². The average Bonchev–Trinajstić information content (AvgIpc) is 3.19. The highest BCUT2D eigenvalue weighted by molar-refractivity contribution is 6.52. The van der Waals surface area contributed by atoms with Crippen molar-refractivity contribution in [2.45, 2.75) is 56.6 Å². The minimum absolute atomic E-state index is 0.0106. The van der Waals surface area contributed by atoms with Gasteiger partial charge in [0.1, 0.15) is 43.0 Å². The van der Waals surface area contributed by atoms with E-state index in [1.54, 1.807) is 0 Å². The number of furan rings is 1. The molecular weight excluding hydrogens is 422 g/mol. The molecule has 2 aromatic carbocycles. The van der Waals surface area contributed by atoms with Gasteiger partial charge in [-0.3, -0.25) is 4.98 Å². The van der Waals surface area contributed by atoms with Crippen LogP contribution in [0.15, 0.2) is 34.7 Å². The Bertz CT molecular complexity index is 1520. The molecule has 35 heavy (non-hydrogen) atoms. The van der Waals surface area contributed by atoms with Gasteiger partial charge in [0.25, 0.3) is 0 Å². The molecular formula is C27H31B5N2O. The smallest absolute Gasteiger partial charge is 0.163 e. The molecule has 170 valence electrons. The summed E-state index contributed by atoms with van der Waals surface area (Å²) in [4.78, 5) is 5.06. The number of benzene rings is 2. The summed E-state index contributed by atoms with van der Waals surface area (Å²) in [5.41, 5.74) is 10.2. The van der Waals surface area contributed by atoms with Gasteiger partial charge in [-0.1, -0.05) is 86.7 Å². The van der Waals surface area contributed by atoms with Gasteiger partial charge in [-0.05, 0) is 27.9 Å². The van der Waals surface area contributed by atoms with Gasteiger partial charge in [-0.2, -0.15) is 5.26 Å². The summed E-state index contributed by atoms with van der Waals surface area (Å²) in [5.74, 6) is 0. The van der Waals surface area contributed by atoms with Crippen LogP contribution in [-0.4, -0.2) is 44.2 Å². The fraction of sp³-hybridized carbons (Fsp3) is 0.333. The molecule has 5 rings (SSSR count). The first kappa shape index (κ1) is 23.9. The second kappa shape index (κ2) is 8.40. The lowest BCUT2D eigenvalue weighted by atomic mass is 9.56. The van der Waals surface area contributed by atoms with E-state index in [9.17, 15) is 5.26 Å². The van der Waals surface area contributed by atoms with Crippen LogP contribution in [0.25, 0.3) is 33.2 Å². The summed E-state index contributed by atoms with van der Waals surface area (Å²) in [6.07, 6.45) is 5.97. The maximum Gasteiger partial charge on any atom is 0.163 e. The predicted molar refractivity (Wildman–Crippen MR) is 161 cm³/mol. The Morgan fingerprint density at radius 1 is 0.971 bits per heavy atom. The molecule has 4 aromatic rings. The van der Waals surface area contributed by atoms with Gasteiger partial charge in [-0.15, -0.1) is 0 Å². The molecule has 8 heteroatoms. The Morgan fingerprint density at radius 3 is 2.31 bits per heavy atom. The Morgan fingerprint density at radius 2 is 1.66 bits per heavy atom. The van der Waals surface area contributed by atoms with Crippen molar-refractivity contribution in [3.8, 4) is 17.3 Å². The number of nitrogens with zero attached hydrogens (tertiary/aromatic N) is 2. The first-order valence-corrected chi connectivity index (χ1v) is 12.9. The van der Waals surface area contributed by atoms with Crippen LogP contribution in [0.2, 0.25) is 0 Å². The van der Waals surface area contributed by atoms with Gasteiger partial charge in [0.2, 0.25) is 0 Å². The number of para-hydroxylation sites is 1. The summed E-state index contributed by atoms with van der Waals surface area (Å²) in [6.45, 7) is 4.53. The zero-order valence-electron chi connectivity index (χ0n) is 22.2. The quantitative estimate of drug-likeness (QED) is 0.409. The number of pyridine rings is 1. The maximum atomic E-state index is 10.3. The van der Waals surface area contributed by atoms with Crippen molar-refractivity contribution in [2.75, 3.05) is 0 Å². The Labute approximate surface area is 213 Å². The highest BCUT2D eigenvalue weighted by Crippen LogP contribution is 2.43. The zero-order valence-corrected chi connectivity index (χ0v) is 22.2. The number of rotatable bonds is 3. The van der Waals surface area contributed by atoms with Gasteiger partial charge in [0, 0.05) is 16.3 Å². The minimum atomic E-state index is 0.0106. The van der Waals surface area contributed by atoms with Crippen molar-refractivity contribution in [2.24, 2.45) is 0 Å². The van der Waals surface area contributed by atoms with Crippen molar-refractivity contribution < 1.29 is 4.42 Å². The molecule has 0 bridgehead atoms. The molecule has 0 atom stereocenters. The van der Waals surface area contributed by atoms with Crippen LogP contribution >= 0.6 is 0 Å². The molecule has 2 heterocycles. The molecule has 0 amide bonds. The third-order valence-electron chi connectivity index (χ3n) is 8.32. The van der Waals surface area contributed by atoms with Crippen molar-refractivity contribution >= 4 is 77.7 Å². The summed E-state index contributed by atoms with van der Waals surface area (Å²) in [6, 6.07) is 13.2. The third-order valence-corrected chi connectivity index (χ3v) is 8.32. The molecule has 0 spiro atoms. The number of hydrogen-bond donors (Lipinski definition) is 0. The standard InChI is InChI=1S/C27H31B5N2O/c1-26(2,31)19-20(28)22(34-25(30)21(19)29)16-8-6-7-14-15-9-10-18(27(32)11-4-3-5-12-27)17(13-33)24(15)35-23(14)16/h6-10H,3-5,11-12,28-32H2,1-2H3. The van der Waals surface area contributed by atoms with Crippen molar-refractivity contribution in [3.63, 3.8) is 0 Å². The fourth-order valence-electron chi connectivity index (χ4n) is 6.57. The Hall–Kier alpha value is -2.80. The van der Waals surface area contributed by atoms with Gasteiger partial charge in [-0.25, -0.2) is 0 Å². The van der Waals surface area contributed by atoms with Crippen LogP contribution in [0.1, 0.15) is 62.6 Å². The molecule has 0 N–H and O–H groups in total. The Kier molecular flexibility index (Phi) is 5.74. The third kappa shape index (κ3) is 3.75. The molecule has 2 aromatic heterocycles. The molecule has 0 aliphatic heterocycles. The highest BCUT2D eigenvalue weighted by Gasteiger charge is 2.33. The van der Waals surface area contributed by atoms with Gasteiger partial charge >= 0.3 is 0 Å². The maximum absolute atomic E-state index is 10.3. The van der Waals surface area contributed by atoms with E-state index in [1.165, 1.54) is 35.8 Å². The normalized spacial score (nSPS) is 15.9. The second-order valence-electron chi connectivity index (χ2n) is 11.8. The van der Waals surface area contributed by atoms with Gasteiger partial charge in [0.05, 0.1) is 11.3 Å². The largest absolute Gasteiger partial charge is 0.454 e. The van der Waals surface area contributed by atoms with Crippen molar-refractivity contribution in [1.82, 2.24) is 4.98 Å². The molecule has 1 fully saturated rings. The van der Waals surface area contributed by atoms with Crippen LogP contribution in [0.4, 0.5) is 0 Å². The summed E-state index contributed by atoms with van der Waals surface area (Å²) in [7, 11) is 11.0. The van der Waals surface area contributed by atoms with E-state index in [1.807, 2.05) is 0 Å². The lowest BCUT2D eigenvalue weighted by molar-refractivity contribution is 0.397. The van der Waals surface area contributed by atoms with Crippen molar-refractivity contribution in [1.29, 1.82) is 5.26 Å². The lowest BCUT2D eigenvalue weighted by Crippen LogP contribution is -2.44. The molecule has 0 radical (unpaired) electrons. The summed E-state index contributed by atoms with van der Waals surface area (Å²) < 4.78 is 6.62. The highest BCUT2D eigenvalue weighted by atomic mass is 16.3. The first-order valence-electron chi connectivity index (χ1n) is 12.9. The number of fused-ring (bicyclic) bond motifs is 3. The zero-order chi connectivity index (χ0) is 25.1. The van der Waals surface area contributed by atoms with Crippen LogP contribution in [0.3, 0.4) is 0 Å². The molecule has 0 saturated heterocycles. The van der Waals surface area contributed by atoms with Crippen molar-refractivity contribution in [3.05, 3.63) is 47.0 Å². The number of aromatic nitrogens is 1. The summed E-state index contributed by atoms with van der Waals surface area (Å²) >= 11 is 0. The van der Waals surface area contributed by atoms with E-state index < -0.39 is 0 Å². The SMILES string of the molecule is Bc1nc(-c2cccc3c2oc2c(C#N)c(C4(B)CCCCC4)ccc23)c(B)c(C(B)(C)C)c1B. The fourth-order valence-corrected chi connectivity index (χ4v) is 6.57. The number of hydrogen-bond acceptors (Lipinski definition) is 3. The van der Waals surface area contributed by atoms with E-state index in [2.05, 4.69) is 89.5 Å². The first-order chi connectivity index (χ1) is 16.6. The molecule has 1 aliphatic carbocycles. The number of nitriles is 1. The molecule has 0 unspecified atom stereocenters. The van der Waals surface area contributed by atoms with E-state index in [4.69, 9.17) is 9.40 Å². The van der Waals surface area contributed by atoms with Gasteiger partial charge in [0.15, 0.2) is 13.4 Å². The second-order valence-corrected chi connectivity index (χ2v) is 11.8. The minimum Gasteiger partial charge on any atom is -0.454 e. The Balaban J connectivity index is 1.80. The van der Waals surface area contributed by atoms with Crippen LogP contribution in [0, 0.1) is 11.3 Å². The molecule has 1 saturated carbocycles. The predicted octanol–water partition coefficient (Wildman–Crippen LogP) is -0.0444. The van der Waals surface area contributed by atoms with Crippen LogP contribution < -0.4 is 16.5 Å². The van der Waals surface area contributed by atoms with Crippen LogP contribution in [-0.2, 0) is 10.6 Å². The summed E-state index contributed by atoms with van der Waals surface area (Å²) in [5, 5.41) is 12.4. The van der Waals surface area contributed by atoms with Gasteiger partial charge < -0.3 is 4.42 Å². The van der Waals surface area contributed by atoms with E-state index in [0.29, 0.717) is 5.56 Å². The lowest BCUT2D eigenvalue weighted by Gasteiger charge is -2.34. The van der Waals surface area contributed by atoms with E-state index >= 15 is 0 Å². The van der Waals surface area contributed by atoms with E-state index in [-0.39, 0.29) is 10.6 Å². The average molecular weight is 454 g/mol. The van der Waals surface area contributed by atoms with Crippen LogP contribution in [0.5, 0.6) is 0 Å². The molecule has 1 aliphatic rings. The topological polar surface area (TPSA) is 49.8 Å². The molecule has 3 nitrogen and oxygen atoms in total. The monoisotopic (exact) mass is 454 g/mol.